The van der Waals surface area contributed by atoms with Crippen molar-refractivity contribution in [3.8, 4) is 0 Å². The zero-order valence-electron chi connectivity index (χ0n) is 15.3. The van der Waals surface area contributed by atoms with Crippen LogP contribution in [0.1, 0.15) is 56.6 Å². The molecule has 0 N–H and O–H groups in total. The highest BCUT2D eigenvalue weighted by atomic mass is 16.2. The van der Waals surface area contributed by atoms with Crippen molar-refractivity contribution in [3.05, 3.63) is 24.2 Å². The average molecular weight is 353 g/mol. The van der Waals surface area contributed by atoms with Gasteiger partial charge in [-0.2, -0.15) is 5.10 Å². The fourth-order valence-electron chi connectivity index (χ4n) is 4.64. The molecular weight excluding hydrogens is 326 g/mol. The van der Waals surface area contributed by atoms with E-state index < -0.39 is 0 Å². The Morgan fingerprint density at radius 1 is 1.04 bits per heavy atom. The van der Waals surface area contributed by atoms with Crippen LogP contribution in [0.4, 0.5) is 5.82 Å². The SMILES string of the molecule is O=C(C1CCCN(c2nccn3nc(C4CCC4)cc23)C1)N1CCCC1. The summed E-state index contributed by atoms with van der Waals surface area (Å²) in [7, 11) is 0. The van der Waals surface area contributed by atoms with Crippen molar-refractivity contribution in [2.75, 3.05) is 31.1 Å². The number of likely N-dealkylation sites (tertiary alicyclic amines) is 1. The molecule has 0 aromatic carbocycles. The number of nitrogens with zero attached hydrogens (tertiary/aromatic N) is 5. The van der Waals surface area contributed by atoms with Gasteiger partial charge in [-0.3, -0.25) is 4.79 Å². The molecule has 3 aliphatic rings. The van der Waals surface area contributed by atoms with E-state index in [4.69, 9.17) is 5.10 Å². The molecule has 2 aromatic heterocycles. The monoisotopic (exact) mass is 353 g/mol. The molecule has 138 valence electrons. The number of fused-ring (bicyclic) bond motifs is 1. The minimum absolute atomic E-state index is 0.109. The summed E-state index contributed by atoms with van der Waals surface area (Å²) >= 11 is 0. The molecule has 6 heteroatoms. The third-order valence-electron chi connectivity index (χ3n) is 6.40. The summed E-state index contributed by atoms with van der Waals surface area (Å²) in [4.78, 5) is 21.9. The minimum atomic E-state index is 0.109. The summed E-state index contributed by atoms with van der Waals surface area (Å²) in [5.74, 6) is 2.07. The molecule has 3 fully saturated rings. The van der Waals surface area contributed by atoms with E-state index in [1.54, 1.807) is 0 Å². The number of hydrogen-bond donors (Lipinski definition) is 0. The number of carbonyl (C=O) groups excluding carboxylic acids is 1. The van der Waals surface area contributed by atoms with E-state index in [1.807, 2.05) is 16.9 Å². The van der Waals surface area contributed by atoms with Crippen LogP contribution in [0.5, 0.6) is 0 Å². The lowest BCUT2D eigenvalue weighted by molar-refractivity contribution is -0.134. The molecule has 2 aliphatic heterocycles. The Kier molecular flexibility index (Phi) is 4.06. The second-order valence-corrected chi connectivity index (χ2v) is 8.10. The van der Waals surface area contributed by atoms with Gasteiger partial charge in [0, 0.05) is 44.5 Å². The highest BCUT2D eigenvalue weighted by Gasteiger charge is 2.32. The van der Waals surface area contributed by atoms with Gasteiger partial charge >= 0.3 is 0 Å². The molecule has 1 amide bonds. The average Bonchev–Trinajstić information content (AvgIpc) is 3.29. The van der Waals surface area contributed by atoms with Crippen molar-refractivity contribution in [2.45, 2.75) is 50.9 Å². The van der Waals surface area contributed by atoms with E-state index in [0.29, 0.717) is 11.8 Å². The molecule has 5 rings (SSSR count). The molecule has 4 heterocycles. The lowest BCUT2D eigenvalue weighted by Crippen LogP contribution is -2.44. The Hall–Kier alpha value is -2.11. The molecule has 1 atom stereocenters. The Morgan fingerprint density at radius 2 is 1.88 bits per heavy atom. The number of hydrogen-bond acceptors (Lipinski definition) is 4. The summed E-state index contributed by atoms with van der Waals surface area (Å²) in [6.07, 6.45) is 12.0. The second kappa shape index (κ2) is 6.56. The van der Waals surface area contributed by atoms with E-state index in [-0.39, 0.29) is 5.92 Å². The first-order chi connectivity index (χ1) is 12.8. The molecule has 2 saturated heterocycles. The van der Waals surface area contributed by atoms with Crippen LogP contribution in [-0.4, -0.2) is 51.6 Å². The molecule has 1 saturated carbocycles. The van der Waals surface area contributed by atoms with Gasteiger partial charge in [0.15, 0.2) is 5.82 Å². The van der Waals surface area contributed by atoms with Gasteiger partial charge in [0.1, 0.15) is 5.52 Å². The first-order valence-corrected chi connectivity index (χ1v) is 10.2. The Labute approximate surface area is 154 Å². The highest BCUT2D eigenvalue weighted by Crippen LogP contribution is 2.37. The first-order valence-electron chi connectivity index (χ1n) is 10.2. The van der Waals surface area contributed by atoms with Gasteiger partial charge in [-0.25, -0.2) is 9.50 Å². The smallest absolute Gasteiger partial charge is 0.227 e. The Bertz CT molecular complexity index is 806. The summed E-state index contributed by atoms with van der Waals surface area (Å²) in [5.41, 5.74) is 2.29. The second-order valence-electron chi connectivity index (χ2n) is 8.10. The van der Waals surface area contributed by atoms with Crippen LogP contribution >= 0.6 is 0 Å². The lowest BCUT2D eigenvalue weighted by atomic mass is 9.83. The summed E-state index contributed by atoms with van der Waals surface area (Å²) < 4.78 is 1.97. The molecule has 1 aliphatic carbocycles. The quantitative estimate of drug-likeness (QED) is 0.851. The summed E-state index contributed by atoms with van der Waals surface area (Å²) in [5, 5.41) is 4.78. The topological polar surface area (TPSA) is 53.7 Å². The summed E-state index contributed by atoms with van der Waals surface area (Å²) in [6.45, 7) is 3.64. The van der Waals surface area contributed by atoms with Crippen molar-refractivity contribution < 1.29 is 4.79 Å². The van der Waals surface area contributed by atoms with Gasteiger partial charge in [0.2, 0.25) is 5.91 Å². The predicted molar refractivity (Wildman–Crippen MR) is 100 cm³/mol. The minimum Gasteiger partial charge on any atom is -0.354 e. The zero-order chi connectivity index (χ0) is 17.5. The maximum Gasteiger partial charge on any atom is 0.227 e. The number of piperidine rings is 1. The zero-order valence-corrected chi connectivity index (χ0v) is 15.3. The van der Waals surface area contributed by atoms with Crippen LogP contribution in [0.3, 0.4) is 0 Å². The molecule has 26 heavy (non-hydrogen) atoms. The van der Waals surface area contributed by atoms with Crippen LogP contribution in [0, 0.1) is 5.92 Å². The molecule has 0 radical (unpaired) electrons. The van der Waals surface area contributed by atoms with Crippen molar-refractivity contribution in [2.24, 2.45) is 5.92 Å². The van der Waals surface area contributed by atoms with Gasteiger partial charge in [-0.1, -0.05) is 6.42 Å². The maximum absolute atomic E-state index is 12.8. The number of carbonyl (C=O) groups is 1. The molecule has 1 unspecified atom stereocenters. The Balaban J connectivity index is 1.39. The third-order valence-corrected chi connectivity index (χ3v) is 6.40. The number of amides is 1. The molecular formula is C20H27N5O. The van der Waals surface area contributed by atoms with Crippen LogP contribution in [0.25, 0.3) is 5.52 Å². The van der Waals surface area contributed by atoms with Gasteiger partial charge in [-0.15, -0.1) is 0 Å². The van der Waals surface area contributed by atoms with Crippen molar-refractivity contribution >= 4 is 17.2 Å². The van der Waals surface area contributed by atoms with E-state index in [9.17, 15) is 4.79 Å². The fraction of sp³-hybridized carbons (Fsp3) is 0.650. The molecule has 2 aromatic rings. The van der Waals surface area contributed by atoms with Gasteiger partial charge in [0.05, 0.1) is 11.6 Å². The van der Waals surface area contributed by atoms with Crippen molar-refractivity contribution in [1.82, 2.24) is 19.5 Å². The normalized spacial score (nSPS) is 24.2. The standard InChI is InChI=1S/C20H27N5O/c26-20(23-9-1-2-10-23)16-7-4-11-24(14-16)19-18-13-17(15-5-3-6-15)22-25(18)12-8-21-19/h8,12-13,15-16H,1-7,9-11,14H2. The molecule has 6 nitrogen and oxygen atoms in total. The van der Waals surface area contributed by atoms with Gasteiger partial charge in [-0.05, 0) is 44.6 Å². The lowest BCUT2D eigenvalue weighted by Gasteiger charge is -2.34. The van der Waals surface area contributed by atoms with Gasteiger partial charge in [0.25, 0.3) is 0 Å². The van der Waals surface area contributed by atoms with Gasteiger partial charge < -0.3 is 9.80 Å². The number of rotatable bonds is 3. The number of anilines is 1. The van der Waals surface area contributed by atoms with E-state index in [0.717, 1.165) is 63.2 Å². The molecule has 0 bridgehead atoms. The summed E-state index contributed by atoms with van der Waals surface area (Å²) in [6, 6.07) is 2.22. The fourth-order valence-corrected chi connectivity index (χ4v) is 4.64. The first kappa shape index (κ1) is 16.1. The van der Waals surface area contributed by atoms with E-state index in [1.165, 1.54) is 25.0 Å². The van der Waals surface area contributed by atoms with Crippen molar-refractivity contribution in [1.29, 1.82) is 0 Å². The maximum atomic E-state index is 12.8. The van der Waals surface area contributed by atoms with Crippen LogP contribution in [-0.2, 0) is 4.79 Å². The number of aromatic nitrogens is 3. The van der Waals surface area contributed by atoms with Crippen LogP contribution < -0.4 is 4.90 Å². The molecule has 0 spiro atoms. The van der Waals surface area contributed by atoms with Crippen molar-refractivity contribution in [3.63, 3.8) is 0 Å². The third kappa shape index (κ3) is 2.75. The largest absolute Gasteiger partial charge is 0.354 e. The van der Waals surface area contributed by atoms with E-state index >= 15 is 0 Å². The van der Waals surface area contributed by atoms with E-state index in [2.05, 4.69) is 20.9 Å². The van der Waals surface area contributed by atoms with Crippen LogP contribution in [0.15, 0.2) is 18.5 Å². The highest BCUT2D eigenvalue weighted by molar-refractivity contribution is 5.80. The Morgan fingerprint density at radius 3 is 2.65 bits per heavy atom. The predicted octanol–water partition coefficient (Wildman–Crippen LogP) is 2.84. The van der Waals surface area contributed by atoms with Crippen LogP contribution in [0.2, 0.25) is 0 Å².